The first kappa shape index (κ1) is 12.9. The number of carbonyl (C=O) groups is 1. The summed E-state index contributed by atoms with van der Waals surface area (Å²) >= 11 is 3.46. The average Bonchev–Trinajstić information content (AvgIpc) is 2.57. The minimum absolute atomic E-state index is 0. The van der Waals surface area contributed by atoms with Crippen molar-refractivity contribution in [3.8, 4) is 0 Å². The maximum absolute atomic E-state index is 12.1. The van der Waals surface area contributed by atoms with E-state index >= 15 is 0 Å². The number of nitrogens with zero attached hydrogens (tertiary/aromatic N) is 1. The van der Waals surface area contributed by atoms with Gasteiger partial charge in [0, 0.05) is 29.8 Å². The highest BCUT2D eigenvalue weighted by atomic mass is 79.9. The van der Waals surface area contributed by atoms with Gasteiger partial charge in [0.15, 0.2) is 0 Å². The predicted molar refractivity (Wildman–Crippen MR) is 73.8 cm³/mol. The number of halogens is 2. The molecule has 1 saturated heterocycles. The van der Waals surface area contributed by atoms with Crippen LogP contribution in [-0.4, -0.2) is 25.5 Å². The molecule has 3 nitrogen and oxygen atoms in total. The Labute approximate surface area is 115 Å². The molecule has 1 aromatic carbocycles. The van der Waals surface area contributed by atoms with Crippen molar-refractivity contribution >= 4 is 39.9 Å². The SMILES string of the molecule is Cl.O=C(C1CNC1)N1CCc2cc(Br)ccc21. The molecule has 2 heterocycles. The van der Waals surface area contributed by atoms with Crippen molar-refractivity contribution in [3.05, 3.63) is 28.2 Å². The number of rotatable bonds is 1. The Bertz CT molecular complexity index is 448. The fourth-order valence-electron chi connectivity index (χ4n) is 2.28. The van der Waals surface area contributed by atoms with E-state index in [0.29, 0.717) is 0 Å². The van der Waals surface area contributed by atoms with Crippen molar-refractivity contribution in [1.29, 1.82) is 0 Å². The van der Waals surface area contributed by atoms with Crippen LogP contribution in [0, 0.1) is 5.92 Å². The van der Waals surface area contributed by atoms with Gasteiger partial charge in [-0.1, -0.05) is 15.9 Å². The second-order valence-corrected chi connectivity index (χ2v) is 5.28. The summed E-state index contributed by atoms with van der Waals surface area (Å²) in [5, 5.41) is 3.14. The molecule has 1 amide bonds. The molecule has 0 bridgehead atoms. The smallest absolute Gasteiger partial charge is 0.232 e. The zero-order chi connectivity index (χ0) is 11.1. The maximum atomic E-state index is 12.1. The molecule has 17 heavy (non-hydrogen) atoms. The highest BCUT2D eigenvalue weighted by Crippen LogP contribution is 2.31. The van der Waals surface area contributed by atoms with Gasteiger partial charge in [-0.25, -0.2) is 0 Å². The van der Waals surface area contributed by atoms with Crippen LogP contribution in [0.1, 0.15) is 5.56 Å². The van der Waals surface area contributed by atoms with Crippen LogP contribution in [0.4, 0.5) is 5.69 Å². The van der Waals surface area contributed by atoms with Crippen molar-refractivity contribution in [2.75, 3.05) is 24.5 Å². The van der Waals surface area contributed by atoms with Crippen LogP contribution in [-0.2, 0) is 11.2 Å². The molecular formula is C12H14BrClN2O. The summed E-state index contributed by atoms with van der Waals surface area (Å²) in [6.07, 6.45) is 0.973. The zero-order valence-corrected chi connectivity index (χ0v) is 11.7. The third-order valence-corrected chi connectivity index (χ3v) is 3.83. The van der Waals surface area contributed by atoms with Gasteiger partial charge < -0.3 is 10.2 Å². The van der Waals surface area contributed by atoms with Gasteiger partial charge in [0.1, 0.15) is 0 Å². The third kappa shape index (κ3) is 2.21. The van der Waals surface area contributed by atoms with Crippen LogP contribution in [0.3, 0.4) is 0 Å². The van der Waals surface area contributed by atoms with Crippen LogP contribution in [0.25, 0.3) is 0 Å². The summed E-state index contributed by atoms with van der Waals surface area (Å²) < 4.78 is 1.09. The van der Waals surface area contributed by atoms with Gasteiger partial charge >= 0.3 is 0 Å². The Hall–Kier alpha value is -0.580. The average molecular weight is 318 g/mol. The second-order valence-electron chi connectivity index (χ2n) is 4.37. The molecule has 0 atom stereocenters. The Morgan fingerprint density at radius 2 is 2.18 bits per heavy atom. The minimum atomic E-state index is 0. The molecule has 2 aliphatic rings. The Balaban J connectivity index is 0.00000108. The van der Waals surface area contributed by atoms with E-state index in [0.717, 1.165) is 36.2 Å². The lowest BCUT2D eigenvalue weighted by molar-refractivity contribution is -0.123. The molecule has 3 rings (SSSR count). The molecule has 1 fully saturated rings. The number of nitrogens with one attached hydrogen (secondary N) is 1. The Morgan fingerprint density at radius 1 is 1.41 bits per heavy atom. The second kappa shape index (κ2) is 4.96. The summed E-state index contributed by atoms with van der Waals surface area (Å²) in [4.78, 5) is 14.1. The van der Waals surface area contributed by atoms with Crippen molar-refractivity contribution in [2.24, 2.45) is 5.92 Å². The highest BCUT2D eigenvalue weighted by Gasteiger charge is 2.33. The van der Waals surface area contributed by atoms with Gasteiger partial charge in [-0.3, -0.25) is 4.79 Å². The van der Waals surface area contributed by atoms with Crippen LogP contribution in [0.15, 0.2) is 22.7 Å². The molecule has 1 aromatic rings. The molecule has 92 valence electrons. The molecule has 0 spiro atoms. The summed E-state index contributed by atoms with van der Waals surface area (Å²) in [6.45, 7) is 2.50. The first-order chi connectivity index (χ1) is 7.75. The van der Waals surface area contributed by atoms with Gasteiger partial charge in [0.2, 0.25) is 5.91 Å². The largest absolute Gasteiger partial charge is 0.315 e. The molecule has 1 N–H and O–H groups in total. The number of benzene rings is 1. The maximum Gasteiger partial charge on any atom is 0.232 e. The molecule has 5 heteroatoms. The van der Waals surface area contributed by atoms with Crippen LogP contribution >= 0.6 is 28.3 Å². The van der Waals surface area contributed by atoms with E-state index in [2.05, 4.69) is 27.3 Å². The van der Waals surface area contributed by atoms with Crippen LogP contribution in [0.5, 0.6) is 0 Å². The van der Waals surface area contributed by atoms with Crippen molar-refractivity contribution in [1.82, 2.24) is 5.32 Å². The summed E-state index contributed by atoms with van der Waals surface area (Å²) in [5.41, 5.74) is 2.37. The lowest BCUT2D eigenvalue weighted by Crippen LogP contribution is -2.51. The highest BCUT2D eigenvalue weighted by molar-refractivity contribution is 9.10. The van der Waals surface area contributed by atoms with E-state index in [1.165, 1.54) is 5.56 Å². The first-order valence-corrected chi connectivity index (χ1v) is 6.35. The van der Waals surface area contributed by atoms with Crippen molar-refractivity contribution in [3.63, 3.8) is 0 Å². The summed E-state index contributed by atoms with van der Waals surface area (Å²) in [7, 11) is 0. The van der Waals surface area contributed by atoms with Crippen molar-refractivity contribution in [2.45, 2.75) is 6.42 Å². The van der Waals surface area contributed by atoms with E-state index < -0.39 is 0 Å². The van der Waals surface area contributed by atoms with E-state index in [4.69, 9.17) is 0 Å². The topological polar surface area (TPSA) is 32.3 Å². The number of hydrogen-bond acceptors (Lipinski definition) is 2. The van der Waals surface area contributed by atoms with Gasteiger partial charge in [-0.2, -0.15) is 0 Å². The molecular weight excluding hydrogens is 304 g/mol. The van der Waals surface area contributed by atoms with Gasteiger partial charge in [-0.15, -0.1) is 12.4 Å². The monoisotopic (exact) mass is 316 g/mol. The van der Waals surface area contributed by atoms with Gasteiger partial charge in [0.25, 0.3) is 0 Å². The number of carbonyl (C=O) groups excluding carboxylic acids is 1. The molecule has 0 radical (unpaired) electrons. The zero-order valence-electron chi connectivity index (χ0n) is 9.28. The number of anilines is 1. The summed E-state index contributed by atoms with van der Waals surface area (Å²) in [5.74, 6) is 0.467. The molecule has 0 aromatic heterocycles. The fourth-order valence-corrected chi connectivity index (χ4v) is 2.69. The predicted octanol–water partition coefficient (Wildman–Crippen LogP) is 1.98. The van der Waals surface area contributed by atoms with E-state index in [9.17, 15) is 4.79 Å². The van der Waals surface area contributed by atoms with Crippen molar-refractivity contribution < 1.29 is 4.79 Å². The lowest BCUT2D eigenvalue weighted by atomic mass is 10.0. The normalized spacial score (nSPS) is 18.3. The number of hydrogen-bond donors (Lipinski definition) is 1. The standard InChI is InChI=1S/C12H13BrN2O.ClH/c13-10-1-2-11-8(5-10)3-4-15(11)12(16)9-6-14-7-9;/h1-2,5,9,14H,3-4,6-7H2;1H. The Kier molecular flexibility index (Phi) is 3.76. The third-order valence-electron chi connectivity index (χ3n) is 3.33. The fraction of sp³-hybridized carbons (Fsp3) is 0.417. The van der Waals surface area contributed by atoms with Gasteiger partial charge in [0.05, 0.1) is 5.92 Å². The number of fused-ring (bicyclic) bond motifs is 1. The Morgan fingerprint density at radius 3 is 2.82 bits per heavy atom. The van der Waals surface area contributed by atoms with E-state index in [1.54, 1.807) is 0 Å². The van der Waals surface area contributed by atoms with Crippen LogP contribution < -0.4 is 10.2 Å². The van der Waals surface area contributed by atoms with Crippen LogP contribution in [0.2, 0.25) is 0 Å². The molecule has 0 unspecified atom stereocenters. The molecule has 0 aliphatic carbocycles. The molecule has 0 saturated carbocycles. The van der Waals surface area contributed by atoms with E-state index in [1.807, 2.05) is 17.0 Å². The number of amides is 1. The summed E-state index contributed by atoms with van der Waals surface area (Å²) in [6, 6.07) is 6.15. The van der Waals surface area contributed by atoms with Gasteiger partial charge in [-0.05, 0) is 30.2 Å². The lowest BCUT2D eigenvalue weighted by Gasteiger charge is -2.30. The minimum Gasteiger partial charge on any atom is -0.315 e. The molecule has 2 aliphatic heterocycles. The quantitative estimate of drug-likeness (QED) is 0.859. The van der Waals surface area contributed by atoms with E-state index in [-0.39, 0.29) is 24.2 Å². The first-order valence-electron chi connectivity index (χ1n) is 5.56.